The number of hydrogen-bond acceptors (Lipinski definition) is 5. The first-order valence-electron chi connectivity index (χ1n) is 8.01. The van der Waals surface area contributed by atoms with Crippen LogP contribution in [-0.2, 0) is 4.79 Å². The highest BCUT2D eigenvalue weighted by atomic mass is 127. The van der Waals surface area contributed by atoms with E-state index >= 15 is 0 Å². The molecule has 3 rings (SSSR count). The van der Waals surface area contributed by atoms with Crippen molar-refractivity contribution in [2.75, 3.05) is 6.54 Å². The van der Waals surface area contributed by atoms with E-state index in [1.165, 1.54) is 23.9 Å². The molecule has 6 nitrogen and oxygen atoms in total. The van der Waals surface area contributed by atoms with Crippen molar-refractivity contribution in [3.63, 3.8) is 0 Å². The molecule has 0 radical (unpaired) electrons. The summed E-state index contributed by atoms with van der Waals surface area (Å²) in [6.07, 6.45) is 1.76. The number of halogens is 1. The second kappa shape index (κ2) is 8.13. The van der Waals surface area contributed by atoms with Gasteiger partial charge in [0.25, 0.3) is 5.91 Å². The highest BCUT2D eigenvalue weighted by Crippen LogP contribution is 2.34. The quantitative estimate of drug-likeness (QED) is 0.488. The van der Waals surface area contributed by atoms with Crippen molar-refractivity contribution in [2.45, 2.75) is 6.92 Å². The van der Waals surface area contributed by atoms with Crippen LogP contribution >= 0.6 is 34.4 Å². The number of amidine groups is 1. The van der Waals surface area contributed by atoms with Gasteiger partial charge in [-0.15, -0.1) is 0 Å². The van der Waals surface area contributed by atoms with Crippen LogP contribution in [0.4, 0.5) is 5.69 Å². The molecule has 0 aliphatic carbocycles. The fourth-order valence-electron chi connectivity index (χ4n) is 2.45. The molecule has 0 spiro atoms. The fraction of sp³-hybridized carbons (Fsp3) is 0.105. The number of nitrogens with zero attached hydrogens (tertiary/aromatic N) is 2. The van der Waals surface area contributed by atoms with E-state index in [1.54, 1.807) is 41.3 Å². The van der Waals surface area contributed by atoms with Gasteiger partial charge in [-0.1, -0.05) is 12.1 Å². The number of thioether (sulfide) groups is 1. The number of carboxylic acids is 1. The van der Waals surface area contributed by atoms with E-state index in [-0.39, 0.29) is 17.2 Å². The van der Waals surface area contributed by atoms with Gasteiger partial charge in [-0.05, 0) is 83.2 Å². The molecule has 1 fully saturated rings. The zero-order chi connectivity index (χ0) is 19.6. The van der Waals surface area contributed by atoms with Gasteiger partial charge in [0, 0.05) is 6.54 Å². The zero-order valence-electron chi connectivity index (χ0n) is 14.2. The van der Waals surface area contributed by atoms with Crippen molar-refractivity contribution in [2.24, 2.45) is 4.99 Å². The summed E-state index contributed by atoms with van der Waals surface area (Å²) in [5.41, 5.74) is 1.42. The van der Waals surface area contributed by atoms with Crippen molar-refractivity contribution in [3.8, 4) is 5.75 Å². The molecule has 1 saturated heterocycles. The number of hydrogen-bond donors (Lipinski definition) is 2. The molecule has 2 N–H and O–H groups in total. The van der Waals surface area contributed by atoms with E-state index in [0.29, 0.717) is 25.9 Å². The van der Waals surface area contributed by atoms with E-state index in [1.807, 2.05) is 29.5 Å². The summed E-state index contributed by atoms with van der Waals surface area (Å²) in [5.74, 6) is -0.986. The highest BCUT2D eigenvalue weighted by molar-refractivity contribution is 14.1. The number of benzene rings is 2. The van der Waals surface area contributed by atoms with Crippen molar-refractivity contribution < 1.29 is 19.8 Å². The first-order valence-corrected chi connectivity index (χ1v) is 9.90. The Morgan fingerprint density at radius 3 is 2.74 bits per heavy atom. The molecule has 0 aromatic heterocycles. The van der Waals surface area contributed by atoms with Gasteiger partial charge < -0.3 is 10.2 Å². The second-order valence-corrected chi connectivity index (χ2v) is 7.79. The first kappa shape index (κ1) is 19.4. The lowest BCUT2D eigenvalue weighted by Gasteiger charge is -2.12. The molecular formula is C19H15IN2O4S. The average Bonchev–Trinajstić information content (AvgIpc) is 2.93. The predicted molar refractivity (Wildman–Crippen MR) is 114 cm³/mol. The van der Waals surface area contributed by atoms with E-state index in [0.717, 1.165) is 5.56 Å². The van der Waals surface area contributed by atoms with Crippen LogP contribution in [0.15, 0.2) is 52.4 Å². The Bertz CT molecular complexity index is 987. The summed E-state index contributed by atoms with van der Waals surface area (Å²) in [6.45, 7) is 2.31. The maximum Gasteiger partial charge on any atom is 0.335 e. The number of phenolic OH excluding ortho intramolecular Hbond substituents is 1. The number of carboxylic acid groups (broad SMARTS) is 1. The van der Waals surface area contributed by atoms with Gasteiger partial charge in [-0.25, -0.2) is 9.79 Å². The third-order valence-electron chi connectivity index (χ3n) is 3.79. The molecule has 1 aliphatic rings. The standard InChI is InChI=1S/C19H15IN2O4S/c1-2-22-17(24)16(9-11-6-7-15(23)14(20)8-11)27-19(22)21-13-5-3-4-12(10-13)18(25)26/h3-10,23H,2H2,1H3,(H,25,26). The predicted octanol–water partition coefficient (Wildman–Crippen LogP) is 4.32. The van der Waals surface area contributed by atoms with Crippen LogP contribution in [0.3, 0.4) is 0 Å². The van der Waals surface area contributed by atoms with E-state index < -0.39 is 5.97 Å². The Balaban J connectivity index is 1.94. The highest BCUT2D eigenvalue weighted by Gasteiger charge is 2.32. The SMILES string of the molecule is CCN1C(=O)C(=Cc2ccc(O)c(I)c2)SC1=Nc1cccc(C(=O)O)c1. The van der Waals surface area contributed by atoms with Gasteiger partial charge in [-0.2, -0.15) is 0 Å². The summed E-state index contributed by atoms with van der Waals surface area (Å²) in [4.78, 5) is 30.3. The number of aliphatic imine (C=N–C) groups is 1. The molecule has 2 aromatic carbocycles. The van der Waals surface area contributed by atoms with Crippen LogP contribution in [-0.4, -0.2) is 38.7 Å². The largest absolute Gasteiger partial charge is 0.507 e. The Morgan fingerprint density at radius 1 is 1.30 bits per heavy atom. The Morgan fingerprint density at radius 2 is 2.07 bits per heavy atom. The summed E-state index contributed by atoms with van der Waals surface area (Å²) in [5, 5.41) is 19.3. The third-order valence-corrected chi connectivity index (χ3v) is 5.66. The molecule has 2 aromatic rings. The van der Waals surface area contributed by atoms with Gasteiger partial charge in [0.05, 0.1) is 19.7 Å². The van der Waals surface area contributed by atoms with E-state index in [2.05, 4.69) is 4.99 Å². The molecule has 27 heavy (non-hydrogen) atoms. The lowest BCUT2D eigenvalue weighted by atomic mass is 10.2. The number of amides is 1. The smallest absolute Gasteiger partial charge is 0.335 e. The first-order chi connectivity index (χ1) is 12.9. The third kappa shape index (κ3) is 4.33. The number of carbonyl (C=O) groups is 2. The van der Waals surface area contributed by atoms with Crippen LogP contribution in [0.5, 0.6) is 5.75 Å². The minimum absolute atomic E-state index is 0.142. The van der Waals surface area contributed by atoms with Crippen LogP contribution < -0.4 is 0 Å². The fourth-order valence-corrected chi connectivity index (χ4v) is 4.06. The van der Waals surface area contributed by atoms with Crippen LogP contribution in [0, 0.1) is 3.57 Å². The number of carbonyl (C=O) groups excluding carboxylic acids is 1. The summed E-state index contributed by atoms with van der Waals surface area (Å²) >= 11 is 3.27. The maximum atomic E-state index is 12.7. The Hall–Kier alpha value is -2.33. The molecule has 0 saturated carbocycles. The molecule has 1 aliphatic heterocycles. The van der Waals surface area contributed by atoms with E-state index in [9.17, 15) is 14.7 Å². The van der Waals surface area contributed by atoms with Gasteiger partial charge in [0.1, 0.15) is 5.75 Å². The van der Waals surface area contributed by atoms with Crippen LogP contribution in [0.1, 0.15) is 22.8 Å². The minimum Gasteiger partial charge on any atom is -0.507 e. The molecular weight excluding hydrogens is 479 g/mol. The van der Waals surface area contributed by atoms with Crippen molar-refractivity contribution in [1.29, 1.82) is 0 Å². The van der Waals surface area contributed by atoms with Crippen LogP contribution in [0.25, 0.3) is 6.08 Å². The summed E-state index contributed by atoms with van der Waals surface area (Å²) in [7, 11) is 0. The molecule has 1 heterocycles. The normalized spacial score (nSPS) is 17.1. The van der Waals surface area contributed by atoms with Gasteiger partial charge in [0.15, 0.2) is 5.17 Å². The molecule has 0 unspecified atom stereocenters. The lowest BCUT2D eigenvalue weighted by molar-refractivity contribution is -0.122. The summed E-state index contributed by atoms with van der Waals surface area (Å²) in [6, 6.07) is 11.4. The lowest BCUT2D eigenvalue weighted by Crippen LogP contribution is -2.28. The number of phenols is 1. The van der Waals surface area contributed by atoms with Gasteiger partial charge in [0.2, 0.25) is 0 Å². The van der Waals surface area contributed by atoms with Crippen LogP contribution in [0.2, 0.25) is 0 Å². The number of rotatable bonds is 4. The summed E-state index contributed by atoms with van der Waals surface area (Å²) < 4.78 is 0.698. The van der Waals surface area contributed by atoms with Crippen molar-refractivity contribution in [1.82, 2.24) is 4.90 Å². The minimum atomic E-state index is -1.03. The Labute approximate surface area is 173 Å². The van der Waals surface area contributed by atoms with Crippen molar-refractivity contribution in [3.05, 3.63) is 62.1 Å². The molecule has 1 amide bonds. The zero-order valence-corrected chi connectivity index (χ0v) is 17.2. The van der Waals surface area contributed by atoms with E-state index in [4.69, 9.17) is 5.11 Å². The molecule has 138 valence electrons. The molecule has 0 atom stereocenters. The number of aromatic hydroxyl groups is 1. The second-order valence-electron chi connectivity index (χ2n) is 5.62. The van der Waals surface area contributed by atoms with Crippen molar-refractivity contribution >= 4 is 63.2 Å². The number of likely N-dealkylation sites (N-methyl/N-ethyl adjacent to an activating group) is 1. The molecule has 8 heteroatoms. The Kier molecular flexibility index (Phi) is 5.85. The topological polar surface area (TPSA) is 90.2 Å². The van der Waals surface area contributed by atoms with Gasteiger partial charge >= 0.3 is 5.97 Å². The molecule has 0 bridgehead atoms. The maximum absolute atomic E-state index is 12.7. The average molecular weight is 494 g/mol. The van der Waals surface area contributed by atoms with Gasteiger partial charge in [-0.3, -0.25) is 9.69 Å². The monoisotopic (exact) mass is 494 g/mol. The number of aromatic carboxylic acids is 1.